The summed E-state index contributed by atoms with van der Waals surface area (Å²) in [5.41, 5.74) is -0.945. The second-order valence-electron chi connectivity index (χ2n) is 9.62. The summed E-state index contributed by atoms with van der Waals surface area (Å²) >= 11 is 0. The SMILES string of the molecule is COc1cccc(C23OOC2(C(C)(C)C)C(C)(C)CN3C(=O)c2ccccc2)c1. The lowest BCUT2D eigenvalue weighted by atomic mass is 9.57. The van der Waals surface area contributed by atoms with E-state index in [0.717, 1.165) is 5.56 Å². The van der Waals surface area contributed by atoms with Crippen LogP contribution in [0.1, 0.15) is 50.5 Å². The van der Waals surface area contributed by atoms with E-state index in [9.17, 15) is 4.79 Å². The zero-order valence-electron chi connectivity index (χ0n) is 18.0. The molecule has 0 bridgehead atoms. The molecule has 2 aliphatic rings. The van der Waals surface area contributed by atoms with Gasteiger partial charge in [-0.3, -0.25) is 4.79 Å². The van der Waals surface area contributed by atoms with E-state index in [-0.39, 0.29) is 16.7 Å². The van der Waals surface area contributed by atoms with E-state index in [1.54, 1.807) is 7.11 Å². The van der Waals surface area contributed by atoms with Crippen molar-refractivity contribution in [3.63, 3.8) is 0 Å². The third-order valence-corrected chi connectivity index (χ3v) is 6.43. The number of hydrogen-bond donors (Lipinski definition) is 0. The Kier molecular flexibility index (Phi) is 4.34. The third kappa shape index (κ3) is 2.44. The van der Waals surface area contributed by atoms with Crippen molar-refractivity contribution >= 4 is 5.91 Å². The number of carbonyl (C=O) groups excluding carboxylic acids is 1. The molecule has 2 saturated heterocycles. The zero-order chi connectivity index (χ0) is 21.1. The Labute approximate surface area is 172 Å². The molecular formula is C24H29NO4. The minimum absolute atomic E-state index is 0.0732. The third-order valence-electron chi connectivity index (χ3n) is 6.43. The van der Waals surface area contributed by atoms with Crippen LogP contribution in [0.2, 0.25) is 0 Å². The predicted molar refractivity (Wildman–Crippen MR) is 110 cm³/mol. The van der Waals surface area contributed by atoms with Crippen molar-refractivity contribution in [2.45, 2.75) is 45.9 Å². The molecule has 2 aromatic rings. The first-order valence-corrected chi connectivity index (χ1v) is 9.99. The van der Waals surface area contributed by atoms with Gasteiger partial charge >= 0.3 is 0 Å². The molecule has 1 amide bonds. The molecule has 2 atom stereocenters. The van der Waals surface area contributed by atoms with Crippen LogP contribution in [0.3, 0.4) is 0 Å². The molecule has 5 nitrogen and oxygen atoms in total. The van der Waals surface area contributed by atoms with Crippen molar-refractivity contribution in [3.05, 3.63) is 65.7 Å². The van der Waals surface area contributed by atoms with Crippen molar-refractivity contribution in [1.82, 2.24) is 4.90 Å². The molecule has 0 aliphatic carbocycles. The van der Waals surface area contributed by atoms with Gasteiger partial charge in [-0.25, -0.2) is 4.89 Å². The Morgan fingerprint density at radius 3 is 2.28 bits per heavy atom. The number of ether oxygens (including phenoxy) is 1. The molecule has 0 spiro atoms. The van der Waals surface area contributed by atoms with Crippen LogP contribution < -0.4 is 4.74 Å². The molecule has 2 heterocycles. The summed E-state index contributed by atoms with van der Waals surface area (Å²) in [5.74, 6) is 0.642. The normalized spacial score (nSPS) is 27.9. The number of methoxy groups -OCH3 is 1. The van der Waals surface area contributed by atoms with Crippen molar-refractivity contribution in [3.8, 4) is 5.75 Å². The van der Waals surface area contributed by atoms with Crippen LogP contribution in [0.25, 0.3) is 0 Å². The van der Waals surface area contributed by atoms with Crippen molar-refractivity contribution in [2.75, 3.05) is 13.7 Å². The van der Waals surface area contributed by atoms with Gasteiger partial charge in [-0.15, -0.1) is 0 Å². The lowest BCUT2D eigenvalue weighted by Crippen LogP contribution is -2.75. The molecule has 0 N–H and O–H groups in total. The lowest BCUT2D eigenvalue weighted by Gasteiger charge is -2.63. The first-order valence-electron chi connectivity index (χ1n) is 9.99. The molecule has 154 valence electrons. The maximum atomic E-state index is 13.7. The van der Waals surface area contributed by atoms with Gasteiger partial charge in [-0.05, 0) is 24.3 Å². The second-order valence-corrected chi connectivity index (χ2v) is 9.62. The van der Waals surface area contributed by atoms with Crippen LogP contribution in [0.5, 0.6) is 5.75 Å². The number of hydrogen-bond acceptors (Lipinski definition) is 4. The minimum Gasteiger partial charge on any atom is -0.497 e. The van der Waals surface area contributed by atoms with Gasteiger partial charge in [-0.1, -0.05) is 65.0 Å². The molecule has 0 saturated carbocycles. The highest BCUT2D eigenvalue weighted by molar-refractivity contribution is 5.95. The standard InChI is InChI=1S/C24H29NO4/c1-21(2,3)24-22(4,5)16-25(20(26)17-11-8-7-9-12-17)23(24,28-29-24)18-13-10-14-19(15-18)27-6/h7-15H,16H2,1-6H3. The number of carbonyl (C=O) groups is 1. The highest BCUT2D eigenvalue weighted by Gasteiger charge is 2.83. The van der Waals surface area contributed by atoms with E-state index in [0.29, 0.717) is 17.9 Å². The minimum atomic E-state index is -1.05. The lowest BCUT2D eigenvalue weighted by molar-refractivity contribution is -0.603. The smallest absolute Gasteiger partial charge is 0.256 e. The summed E-state index contributed by atoms with van der Waals surface area (Å²) in [6, 6.07) is 17.1. The molecule has 5 heteroatoms. The van der Waals surface area contributed by atoms with E-state index in [1.807, 2.05) is 59.5 Å². The second kappa shape index (κ2) is 6.31. The quantitative estimate of drug-likeness (QED) is 0.702. The molecule has 29 heavy (non-hydrogen) atoms. The van der Waals surface area contributed by atoms with Gasteiger partial charge in [0.05, 0.1) is 7.11 Å². The van der Waals surface area contributed by atoms with Crippen LogP contribution in [-0.4, -0.2) is 30.1 Å². The van der Waals surface area contributed by atoms with E-state index in [2.05, 4.69) is 34.6 Å². The van der Waals surface area contributed by atoms with E-state index >= 15 is 0 Å². The number of rotatable bonds is 3. The molecule has 0 aromatic heterocycles. The molecule has 2 fully saturated rings. The Hall–Kier alpha value is -2.37. The topological polar surface area (TPSA) is 48.0 Å². The molecule has 2 aromatic carbocycles. The first-order chi connectivity index (χ1) is 13.6. The molecule has 4 rings (SSSR count). The van der Waals surface area contributed by atoms with E-state index < -0.39 is 11.3 Å². The van der Waals surface area contributed by atoms with Crippen LogP contribution in [0.15, 0.2) is 54.6 Å². The fourth-order valence-electron chi connectivity index (χ4n) is 5.47. The predicted octanol–water partition coefficient (Wildman–Crippen LogP) is 4.78. The first kappa shape index (κ1) is 19.9. The molecular weight excluding hydrogens is 366 g/mol. The number of benzene rings is 2. The highest BCUT2D eigenvalue weighted by atomic mass is 17.3. The average Bonchev–Trinajstić information content (AvgIpc) is 2.80. The fraction of sp³-hybridized carbons (Fsp3) is 0.458. The van der Waals surface area contributed by atoms with Crippen LogP contribution in [0, 0.1) is 10.8 Å². The highest BCUT2D eigenvalue weighted by Crippen LogP contribution is 2.70. The van der Waals surface area contributed by atoms with E-state index in [1.165, 1.54) is 0 Å². The number of fused-ring (bicyclic) bond motifs is 1. The summed E-state index contributed by atoms with van der Waals surface area (Å²) in [7, 11) is 1.64. The fourth-order valence-corrected chi connectivity index (χ4v) is 5.47. The maximum Gasteiger partial charge on any atom is 0.256 e. The number of nitrogens with zero attached hydrogens (tertiary/aromatic N) is 1. The van der Waals surface area contributed by atoms with E-state index in [4.69, 9.17) is 14.5 Å². The number of amides is 1. The van der Waals surface area contributed by atoms with Gasteiger partial charge in [0.2, 0.25) is 5.72 Å². The van der Waals surface area contributed by atoms with Gasteiger partial charge in [0, 0.05) is 28.5 Å². The van der Waals surface area contributed by atoms with Crippen LogP contribution >= 0.6 is 0 Å². The van der Waals surface area contributed by atoms with Gasteiger partial charge < -0.3 is 9.64 Å². The van der Waals surface area contributed by atoms with Gasteiger partial charge in [-0.2, -0.15) is 4.89 Å². The number of likely N-dealkylation sites (tertiary alicyclic amines) is 1. The maximum absolute atomic E-state index is 13.7. The zero-order valence-corrected chi connectivity index (χ0v) is 18.0. The summed E-state index contributed by atoms with van der Waals surface area (Å²) < 4.78 is 5.47. The van der Waals surface area contributed by atoms with Crippen LogP contribution in [-0.2, 0) is 15.5 Å². The summed E-state index contributed by atoms with van der Waals surface area (Å²) in [6.45, 7) is 11.2. The monoisotopic (exact) mass is 395 g/mol. The summed E-state index contributed by atoms with van der Waals surface area (Å²) in [4.78, 5) is 27.6. The Morgan fingerprint density at radius 1 is 1.03 bits per heavy atom. The molecule has 2 aliphatic heterocycles. The van der Waals surface area contributed by atoms with Crippen molar-refractivity contribution in [1.29, 1.82) is 0 Å². The largest absolute Gasteiger partial charge is 0.497 e. The molecule has 2 unspecified atom stereocenters. The van der Waals surface area contributed by atoms with Crippen molar-refractivity contribution in [2.24, 2.45) is 10.8 Å². The van der Waals surface area contributed by atoms with Crippen molar-refractivity contribution < 1.29 is 19.3 Å². The van der Waals surface area contributed by atoms with Gasteiger partial charge in [0.15, 0.2) is 5.60 Å². The Bertz CT molecular complexity index is 933. The molecule has 0 radical (unpaired) electrons. The van der Waals surface area contributed by atoms with Gasteiger partial charge in [0.25, 0.3) is 5.91 Å². The summed E-state index contributed by atoms with van der Waals surface area (Å²) in [6.07, 6.45) is 0. The Balaban J connectivity index is 1.95. The van der Waals surface area contributed by atoms with Crippen LogP contribution in [0.4, 0.5) is 0 Å². The Morgan fingerprint density at radius 2 is 1.72 bits per heavy atom. The summed E-state index contributed by atoms with van der Waals surface area (Å²) in [5, 5.41) is 0. The average molecular weight is 395 g/mol. The van der Waals surface area contributed by atoms with Gasteiger partial charge in [0.1, 0.15) is 5.75 Å².